The Bertz CT molecular complexity index is 1170. The highest BCUT2D eigenvalue weighted by Gasteiger charge is 2.30. The van der Waals surface area contributed by atoms with Crippen molar-refractivity contribution in [3.63, 3.8) is 0 Å². The van der Waals surface area contributed by atoms with Crippen molar-refractivity contribution >= 4 is 27.5 Å². The molecule has 0 atom stereocenters. The smallest absolute Gasteiger partial charge is 0.271 e. The number of rotatable bonds is 9. The number of aromatic nitrogens is 3. The minimum absolute atomic E-state index is 0.0149. The summed E-state index contributed by atoms with van der Waals surface area (Å²) in [4.78, 5) is 31.3. The van der Waals surface area contributed by atoms with Crippen molar-refractivity contribution in [2.24, 2.45) is 12.8 Å². The number of hydrogen-bond donors (Lipinski definition) is 2. The highest BCUT2D eigenvalue weighted by molar-refractivity contribution is 7.89. The van der Waals surface area contributed by atoms with Crippen molar-refractivity contribution in [3.8, 4) is 5.88 Å². The topological polar surface area (TPSA) is 153 Å². The monoisotopic (exact) mass is 493 g/mol. The molecule has 2 aromatic heterocycles. The summed E-state index contributed by atoms with van der Waals surface area (Å²) in [7, 11) is -0.279. The summed E-state index contributed by atoms with van der Waals surface area (Å²) in [5.41, 5.74) is 6.13. The van der Waals surface area contributed by atoms with Crippen molar-refractivity contribution in [2.75, 3.05) is 45.2 Å². The van der Waals surface area contributed by atoms with Gasteiger partial charge in [-0.15, -0.1) is 0 Å². The number of nitrogens with zero attached hydrogens (tertiary/aromatic N) is 5. The minimum atomic E-state index is -3.86. The first-order chi connectivity index (χ1) is 16.1. The molecule has 2 amide bonds. The standard InChI is InChI=1S/C21H31N7O5S/c1-5-7-16-17(18(19(22)29)25-27(16)4)24-20(30)15-12-14(13-23-21(15)33-6-2)34(31,32)28-10-8-26(3)9-11-28/h12-13H,5-11H2,1-4H3,(H2,22,29)(H,24,30). The first kappa shape index (κ1) is 25.6. The third kappa shape index (κ3) is 5.21. The summed E-state index contributed by atoms with van der Waals surface area (Å²) in [6.07, 6.45) is 2.47. The molecule has 0 unspecified atom stereocenters. The number of piperazine rings is 1. The molecule has 1 aliphatic rings. The van der Waals surface area contributed by atoms with E-state index in [1.165, 1.54) is 21.3 Å². The Balaban J connectivity index is 2.00. The molecule has 3 rings (SSSR count). The van der Waals surface area contributed by atoms with E-state index in [4.69, 9.17) is 10.5 Å². The van der Waals surface area contributed by atoms with Crippen LogP contribution in [0.1, 0.15) is 46.8 Å². The van der Waals surface area contributed by atoms with Crippen LogP contribution in [0, 0.1) is 0 Å². The molecular weight excluding hydrogens is 462 g/mol. The highest BCUT2D eigenvalue weighted by Crippen LogP contribution is 2.27. The second-order valence-electron chi connectivity index (χ2n) is 8.03. The Morgan fingerprint density at radius 1 is 1.18 bits per heavy atom. The zero-order chi connectivity index (χ0) is 25.0. The van der Waals surface area contributed by atoms with Gasteiger partial charge in [-0.1, -0.05) is 13.3 Å². The first-order valence-corrected chi connectivity index (χ1v) is 12.5. The van der Waals surface area contributed by atoms with E-state index in [9.17, 15) is 18.0 Å². The van der Waals surface area contributed by atoms with Crippen LogP contribution in [0.2, 0.25) is 0 Å². The predicted molar refractivity (Wildman–Crippen MR) is 125 cm³/mol. The molecule has 3 heterocycles. The SMILES string of the molecule is CCCc1c(NC(=O)c2cc(S(=O)(=O)N3CCN(C)CC3)cnc2OCC)c(C(N)=O)nn1C. The maximum Gasteiger partial charge on any atom is 0.271 e. The van der Waals surface area contributed by atoms with E-state index < -0.39 is 21.8 Å². The van der Waals surface area contributed by atoms with Crippen LogP contribution in [-0.2, 0) is 23.5 Å². The van der Waals surface area contributed by atoms with Gasteiger partial charge in [0.05, 0.1) is 24.2 Å². The van der Waals surface area contributed by atoms with Gasteiger partial charge in [0.2, 0.25) is 15.9 Å². The normalized spacial score (nSPS) is 15.3. The van der Waals surface area contributed by atoms with Crippen LogP contribution >= 0.6 is 0 Å². The summed E-state index contributed by atoms with van der Waals surface area (Å²) in [5, 5.41) is 6.82. The number of hydrogen-bond acceptors (Lipinski definition) is 8. The molecule has 1 aliphatic heterocycles. The number of primary amides is 1. The van der Waals surface area contributed by atoms with Crippen molar-refractivity contribution in [1.29, 1.82) is 0 Å². The van der Waals surface area contributed by atoms with Gasteiger partial charge in [0.25, 0.3) is 11.8 Å². The zero-order valence-corrected chi connectivity index (χ0v) is 20.7. The summed E-state index contributed by atoms with van der Waals surface area (Å²) < 4.78 is 34.8. The van der Waals surface area contributed by atoms with Gasteiger partial charge >= 0.3 is 0 Å². The average Bonchev–Trinajstić information content (AvgIpc) is 3.10. The van der Waals surface area contributed by atoms with Crippen LogP contribution in [-0.4, -0.2) is 84.0 Å². The Morgan fingerprint density at radius 2 is 1.85 bits per heavy atom. The van der Waals surface area contributed by atoms with Crippen LogP contribution < -0.4 is 15.8 Å². The quantitative estimate of drug-likeness (QED) is 0.511. The molecule has 186 valence electrons. The number of nitrogens with one attached hydrogen (secondary N) is 1. The zero-order valence-electron chi connectivity index (χ0n) is 19.9. The largest absolute Gasteiger partial charge is 0.477 e. The maximum absolute atomic E-state index is 13.3. The predicted octanol–water partition coefficient (Wildman–Crippen LogP) is 0.454. The lowest BCUT2D eigenvalue weighted by molar-refractivity contribution is 0.0995. The molecule has 0 bridgehead atoms. The number of likely N-dealkylation sites (N-methyl/N-ethyl adjacent to an activating group) is 1. The maximum atomic E-state index is 13.3. The lowest BCUT2D eigenvalue weighted by Gasteiger charge is -2.31. The third-order valence-corrected chi connectivity index (χ3v) is 7.44. The fourth-order valence-electron chi connectivity index (χ4n) is 3.73. The number of nitrogens with two attached hydrogens (primary N) is 1. The highest BCUT2D eigenvalue weighted by atomic mass is 32.2. The number of sulfonamides is 1. The minimum Gasteiger partial charge on any atom is -0.477 e. The van der Waals surface area contributed by atoms with E-state index in [0.29, 0.717) is 38.3 Å². The second-order valence-corrected chi connectivity index (χ2v) is 9.96. The molecule has 2 aromatic rings. The number of amides is 2. The van der Waals surface area contributed by atoms with Gasteiger partial charge in [0, 0.05) is 33.2 Å². The summed E-state index contributed by atoms with van der Waals surface area (Å²) >= 11 is 0. The Hall–Kier alpha value is -3.03. The summed E-state index contributed by atoms with van der Waals surface area (Å²) in [5.74, 6) is -1.49. The Labute approximate surface area is 199 Å². The lowest BCUT2D eigenvalue weighted by atomic mass is 10.1. The number of carbonyl (C=O) groups is 2. The van der Waals surface area contributed by atoms with Gasteiger partial charge in [-0.05, 0) is 26.5 Å². The van der Waals surface area contributed by atoms with Gasteiger partial charge in [-0.25, -0.2) is 13.4 Å². The van der Waals surface area contributed by atoms with E-state index in [-0.39, 0.29) is 34.3 Å². The van der Waals surface area contributed by atoms with Gasteiger partial charge in [0.15, 0.2) is 5.69 Å². The second kappa shape index (κ2) is 10.5. The van der Waals surface area contributed by atoms with Gasteiger partial charge in [0.1, 0.15) is 10.5 Å². The van der Waals surface area contributed by atoms with Crippen molar-refractivity contribution in [1.82, 2.24) is 24.0 Å². The number of pyridine rings is 1. The van der Waals surface area contributed by atoms with Gasteiger partial charge < -0.3 is 20.7 Å². The first-order valence-electron chi connectivity index (χ1n) is 11.1. The van der Waals surface area contributed by atoms with Crippen LogP contribution in [0.3, 0.4) is 0 Å². The lowest BCUT2D eigenvalue weighted by Crippen LogP contribution is -2.47. The molecule has 1 saturated heterocycles. The number of aryl methyl sites for hydroxylation is 1. The fraction of sp³-hybridized carbons (Fsp3) is 0.524. The average molecular weight is 494 g/mol. The Morgan fingerprint density at radius 3 is 2.44 bits per heavy atom. The fourth-order valence-corrected chi connectivity index (χ4v) is 5.13. The van der Waals surface area contributed by atoms with E-state index in [1.54, 1.807) is 14.0 Å². The number of anilines is 1. The van der Waals surface area contributed by atoms with E-state index in [1.807, 2.05) is 18.9 Å². The molecule has 0 saturated carbocycles. The van der Waals surface area contributed by atoms with Gasteiger partial charge in [-0.3, -0.25) is 14.3 Å². The molecule has 1 fully saturated rings. The number of ether oxygens (including phenoxy) is 1. The van der Waals surface area contributed by atoms with Crippen LogP contribution in [0.15, 0.2) is 17.2 Å². The molecule has 12 nitrogen and oxygen atoms in total. The van der Waals surface area contributed by atoms with Crippen molar-refractivity contribution in [3.05, 3.63) is 29.2 Å². The molecule has 0 aromatic carbocycles. The molecule has 0 aliphatic carbocycles. The van der Waals surface area contributed by atoms with E-state index in [0.717, 1.165) is 6.42 Å². The summed E-state index contributed by atoms with van der Waals surface area (Å²) in [6, 6.07) is 1.25. The molecule has 0 spiro atoms. The summed E-state index contributed by atoms with van der Waals surface area (Å²) in [6.45, 7) is 5.79. The van der Waals surface area contributed by atoms with Crippen molar-refractivity contribution < 1.29 is 22.7 Å². The third-order valence-electron chi connectivity index (χ3n) is 5.58. The Kier molecular flexibility index (Phi) is 7.89. The number of carbonyl (C=O) groups excluding carboxylic acids is 2. The molecule has 34 heavy (non-hydrogen) atoms. The molecule has 0 radical (unpaired) electrons. The van der Waals surface area contributed by atoms with Crippen LogP contribution in [0.25, 0.3) is 0 Å². The molecular formula is C21H31N7O5S. The van der Waals surface area contributed by atoms with Crippen LogP contribution in [0.5, 0.6) is 5.88 Å². The van der Waals surface area contributed by atoms with E-state index in [2.05, 4.69) is 15.4 Å². The molecule has 13 heteroatoms. The van der Waals surface area contributed by atoms with Crippen LogP contribution in [0.4, 0.5) is 5.69 Å². The van der Waals surface area contributed by atoms with E-state index >= 15 is 0 Å². The van der Waals surface area contributed by atoms with Gasteiger partial charge in [-0.2, -0.15) is 9.40 Å². The van der Waals surface area contributed by atoms with Crippen molar-refractivity contribution in [2.45, 2.75) is 31.6 Å². The molecule has 3 N–H and O–H groups in total.